The first kappa shape index (κ1) is 120. The van der Waals surface area contributed by atoms with Crippen LogP contribution >= 0.6 is 0 Å². The highest BCUT2D eigenvalue weighted by molar-refractivity contribution is 5.53. The minimum Gasteiger partial charge on any atom is -0.495 e. The lowest BCUT2D eigenvalue weighted by Crippen LogP contribution is -1.91. The van der Waals surface area contributed by atoms with Crippen LogP contribution in [0, 0.1) is 118 Å². The van der Waals surface area contributed by atoms with Crippen LogP contribution in [-0.4, -0.2) is 76.2 Å². The average molecular weight is 1830 g/mol. The molecule has 0 radical (unpaired) electrons. The van der Waals surface area contributed by atoms with Crippen LogP contribution in [0.15, 0.2) is 269 Å². The third kappa shape index (κ3) is 66.1. The van der Waals surface area contributed by atoms with Gasteiger partial charge in [0, 0.05) is 67.5 Å². The summed E-state index contributed by atoms with van der Waals surface area (Å²) in [5, 5.41) is 0. The predicted molar refractivity (Wildman–Crippen MR) is 577 cm³/mol. The van der Waals surface area contributed by atoms with E-state index in [1.165, 1.54) is 58.8 Å². The summed E-state index contributed by atoms with van der Waals surface area (Å²) >= 11 is 0. The van der Waals surface area contributed by atoms with Crippen molar-refractivity contribution in [1.82, 2.24) is 54.8 Å². The first-order valence-corrected chi connectivity index (χ1v) is 46.9. The predicted octanol–water partition coefficient (Wildman–Crippen LogP) is 32.4. The summed E-state index contributed by atoms with van der Waals surface area (Å²) in [5.74, 6) is 7.51. The van der Waals surface area contributed by atoms with Crippen LogP contribution in [0.25, 0.3) is 66.8 Å². The maximum Gasteiger partial charge on any atom is 0.152 e. The molecule has 16 heteroatoms. The molecule has 0 aromatic carbocycles. The number of hydrogen-bond acceptors (Lipinski definition) is 14. The first-order valence-electron chi connectivity index (χ1n) is 46.9. The normalized spacial score (nSPS) is 11.3. The third-order valence-electron chi connectivity index (χ3n) is 17.4. The van der Waals surface area contributed by atoms with Gasteiger partial charge in [-0.3, -0.25) is 49.8 Å². The fourth-order valence-electron chi connectivity index (χ4n) is 9.77. The van der Waals surface area contributed by atoms with E-state index in [4.69, 9.17) is 14.2 Å². The molecule has 0 aliphatic rings. The topological polar surface area (TPSA) is 169 Å². The minimum absolute atomic E-state index is 0.253. The lowest BCUT2D eigenvalue weighted by molar-refractivity contribution is 0.408. The number of methoxy groups -OCH3 is 3. The Morgan fingerprint density at radius 1 is 0.237 bits per heavy atom. The average Bonchev–Trinajstić information content (AvgIpc) is 0.878. The zero-order valence-electron chi connectivity index (χ0n) is 87.0. The van der Waals surface area contributed by atoms with Crippen molar-refractivity contribution in [3.8, 4) is 17.2 Å². The van der Waals surface area contributed by atoms with Gasteiger partial charge in [0.1, 0.15) is 23.1 Å². The second-order valence-corrected chi connectivity index (χ2v) is 35.8. The molecule has 0 unspecified atom stereocenters. The number of rotatable bonds is 25. The zero-order chi connectivity index (χ0) is 101. The number of pyridine rings is 11. The van der Waals surface area contributed by atoms with Gasteiger partial charge in [-0.15, -0.1) is 0 Å². The lowest BCUT2D eigenvalue weighted by atomic mass is 10.1. The standard InChI is InChI=1S/C11H14FNO.C11H14FN.2C11H15NO.5C11H15N.2C10H13N/c1-8(2)4-5-11-10(12)6-9(14-3)7-13-11;1-8(2)4-5-11-10(12)6-9(3)7-13-11;2*1-9(2)4-5-10-6-7-11(13-3)8-12-10;3*1-9(2)4-6-11-7-5-10(3)8-12-11;1-9(2)6-7-11-10(3)5-4-8-12-11;1-9(2)7-8-11-6-4-5-10(3)12-11;1-9(2)3-4-10-5-7-11-8-6-10;1-9(2)5-6-10-4-3-7-11-8-10/h4-8H,1-3H3;4-8H,1-3H3;2*4-9H,1-3H3;5*4-9H,1-3H3;2*3-9H,1-2H3/b4*5-4+;3*6-4+;7-6+;8-7+;4-3+;6-5+. The van der Waals surface area contributed by atoms with Crippen LogP contribution in [0.1, 0.15) is 248 Å². The SMILES string of the molecule is CC(C)/C=C/c1cccnc1.CC(C)/C=C/c1ccncc1.COc1ccc(/C=C/C(C)C)nc1.COc1ccc(/C=C/C(C)C)nc1.COc1cnc(/C=C/C(C)C)c(F)c1.Cc1ccc(/C=C/C(C)C)nc1.Cc1ccc(/C=C/C(C)C)nc1.Cc1ccc(/C=C/C(C)C)nc1.Cc1cccc(/C=C/C(C)C)n1.Cc1cccnc1/C=C/C(C)C.Cc1cnc(/C=C/C(C)C)c(F)c1. The molecule has 0 amide bonds. The molecule has 11 aromatic rings. The molecule has 11 aromatic heterocycles. The monoisotopic (exact) mass is 1830 g/mol. The van der Waals surface area contributed by atoms with E-state index in [0.717, 1.165) is 62.6 Å². The van der Waals surface area contributed by atoms with Crippen molar-refractivity contribution in [2.24, 2.45) is 65.1 Å². The van der Waals surface area contributed by atoms with E-state index in [1.807, 2.05) is 209 Å². The molecule has 0 atom stereocenters. The number of allylic oxidation sites excluding steroid dienone is 11. The maximum absolute atomic E-state index is 13.3. The summed E-state index contributed by atoms with van der Waals surface area (Å²) in [6.45, 7) is 59.0. The van der Waals surface area contributed by atoms with Gasteiger partial charge in [-0.05, 0) is 285 Å². The lowest BCUT2D eigenvalue weighted by Gasteiger charge is -2.01. The second-order valence-electron chi connectivity index (χ2n) is 35.8. The van der Waals surface area contributed by atoms with E-state index < -0.39 is 0 Å². The van der Waals surface area contributed by atoms with Crippen molar-refractivity contribution in [1.29, 1.82) is 0 Å². The van der Waals surface area contributed by atoms with Gasteiger partial charge in [-0.2, -0.15) is 0 Å². The molecule has 135 heavy (non-hydrogen) atoms. The number of ether oxygens (including phenoxy) is 3. The quantitative estimate of drug-likeness (QED) is 0.0529. The van der Waals surface area contributed by atoms with E-state index in [0.29, 0.717) is 82.2 Å². The molecule has 0 spiro atoms. The summed E-state index contributed by atoms with van der Waals surface area (Å²) in [6.07, 6.45) is 66.5. The summed E-state index contributed by atoms with van der Waals surface area (Å²) in [7, 11) is 4.77. The summed E-state index contributed by atoms with van der Waals surface area (Å²) in [4.78, 5) is 45.7. The van der Waals surface area contributed by atoms with Gasteiger partial charge in [-0.25, -0.2) is 13.8 Å². The molecule has 0 saturated heterocycles. The van der Waals surface area contributed by atoms with Gasteiger partial charge in [0.2, 0.25) is 0 Å². The number of nitrogens with zero attached hydrogens (tertiary/aromatic N) is 11. The van der Waals surface area contributed by atoms with Crippen LogP contribution < -0.4 is 14.2 Å². The van der Waals surface area contributed by atoms with E-state index >= 15 is 0 Å². The van der Waals surface area contributed by atoms with E-state index in [-0.39, 0.29) is 11.6 Å². The van der Waals surface area contributed by atoms with Gasteiger partial charge in [0.05, 0.1) is 91.2 Å². The Morgan fingerprint density at radius 2 is 0.556 bits per heavy atom. The zero-order valence-corrected chi connectivity index (χ0v) is 87.0. The van der Waals surface area contributed by atoms with Gasteiger partial charge in [0.15, 0.2) is 5.82 Å². The van der Waals surface area contributed by atoms with Gasteiger partial charge in [-0.1, -0.05) is 268 Å². The Balaban J connectivity index is 0.000000743. The first-order chi connectivity index (χ1) is 64.2. The highest BCUT2D eigenvalue weighted by Gasteiger charge is 2.05. The molecule has 0 fully saturated rings. The van der Waals surface area contributed by atoms with Crippen molar-refractivity contribution >= 4 is 66.8 Å². The van der Waals surface area contributed by atoms with Crippen LogP contribution in [0.3, 0.4) is 0 Å². The molecule has 0 N–H and O–H groups in total. The Hall–Kier alpha value is -13.0. The summed E-state index contributed by atoms with van der Waals surface area (Å²) < 4.78 is 41.3. The van der Waals surface area contributed by atoms with Crippen molar-refractivity contribution in [2.45, 2.75) is 194 Å². The number of aromatic nitrogens is 11. The summed E-state index contributed by atoms with van der Waals surface area (Å²) in [6, 6.07) is 40.9. The van der Waals surface area contributed by atoms with Gasteiger partial charge >= 0.3 is 0 Å². The van der Waals surface area contributed by atoms with Crippen LogP contribution in [-0.2, 0) is 0 Å². The molecule has 722 valence electrons. The largest absolute Gasteiger partial charge is 0.495 e. The Labute approximate surface area is 813 Å². The highest BCUT2D eigenvalue weighted by atomic mass is 19.1. The summed E-state index contributed by atoms with van der Waals surface area (Å²) in [5.41, 5.74) is 17.1. The van der Waals surface area contributed by atoms with Crippen LogP contribution in [0.2, 0.25) is 0 Å². The molecule has 0 aliphatic carbocycles. The Bertz CT molecular complexity index is 5000. The smallest absolute Gasteiger partial charge is 0.152 e. The molecule has 14 nitrogen and oxygen atoms in total. The second kappa shape index (κ2) is 72.6. The molecule has 11 heterocycles. The van der Waals surface area contributed by atoms with Gasteiger partial charge < -0.3 is 14.2 Å². The molecule has 11 rings (SSSR count). The van der Waals surface area contributed by atoms with E-state index in [1.54, 1.807) is 63.6 Å². The molecule has 0 saturated carbocycles. The van der Waals surface area contributed by atoms with Crippen LogP contribution in [0.5, 0.6) is 17.2 Å². The fraction of sp³-hybridized carbons (Fsp3) is 0.353. The Morgan fingerprint density at radius 3 is 0.874 bits per heavy atom. The molecular formula is C119H159F2N11O3. The highest BCUT2D eigenvalue weighted by Crippen LogP contribution is 2.18. The molecular weight excluding hydrogens is 1670 g/mol. The number of hydrogen-bond donors (Lipinski definition) is 0. The minimum atomic E-state index is -0.360. The molecule has 0 bridgehead atoms. The molecule has 0 aliphatic heterocycles. The number of halogens is 2. The van der Waals surface area contributed by atoms with E-state index in [9.17, 15) is 8.78 Å². The van der Waals surface area contributed by atoms with Crippen molar-refractivity contribution in [3.05, 3.63) is 376 Å². The van der Waals surface area contributed by atoms with Crippen molar-refractivity contribution in [2.75, 3.05) is 21.3 Å². The third-order valence-corrected chi connectivity index (χ3v) is 17.4. The van der Waals surface area contributed by atoms with E-state index in [2.05, 4.69) is 308 Å². The van der Waals surface area contributed by atoms with Crippen LogP contribution in [0.4, 0.5) is 8.78 Å². The number of aryl methyl sites for hydroxylation is 6. The fourth-order valence-corrected chi connectivity index (χ4v) is 9.77. The van der Waals surface area contributed by atoms with Gasteiger partial charge in [0.25, 0.3) is 0 Å². The Kier molecular flexibility index (Phi) is 64.5. The van der Waals surface area contributed by atoms with Crippen molar-refractivity contribution < 1.29 is 23.0 Å². The van der Waals surface area contributed by atoms with Crippen molar-refractivity contribution in [3.63, 3.8) is 0 Å². The maximum atomic E-state index is 13.3.